The standard InChI is InChI=1S/C28H30N6O8/c1-16(13-31-22-9-6-19(27(29)35)10-23(22)33(37)38)17(2)14-32-26-24(34(39)40)11-20(28(30)36)12-25(26)42-15-18-4-7-21(41-3)8-5-18/h4-12,31-32H,13-15H2,1-3H3,(H2,29,35)(H2,30,36). The summed E-state index contributed by atoms with van der Waals surface area (Å²) in [6, 6.07) is 13.3. The van der Waals surface area contributed by atoms with E-state index < -0.39 is 27.3 Å². The number of nitrogens with zero attached hydrogens (tertiary/aromatic N) is 2. The molecule has 6 N–H and O–H groups in total. The van der Waals surface area contributed by atoms with Crippen LogP contribution >= 0.6 is 0 Å². The molecule has 14 heteroatoms. The van der Waals surface area contributed by atoms with Crippen molar-refractivity contribution in [2.45, 2.75) is 20.5 Å². The first kappa shape index (κ1) is 30.9. The molecule has 0 atom stereocenters. The Balaban J connectivity index is 1.83. The predicted octanol–water partition coefficient (Wildman–Crippen LogP) is 4.15. The van der Waals surface area contributed by atoms with Gasteiger partial charge in [-0.05, 0) is 49.7 Å². The summed E-state index contributed by atoms with van der Waals surface area (Å²) in [6.45, 7) is 3.97. The van der Waals surface area contributed by atoms with Gasteiger partial charge in [0.2, 0.25) is 11.8 Å². The Kier molecular flexibility index (Phi) is 10.0. The van der Waals surface area contributed by atoms with E-state index in [0.29, 0.717) is 5.75 Å². The van der Waals surface area contributed by atoms with Crippen LogP contribution in [0, 0.1) is 20.2 Å². The summed E-state index contributed by atoms with van der Waals surface area (Å²) >= 11 is 0. The number of benzene rings is 3. The van der Waals surface area contributed by atoms with Crippen LogP contribution in [-0.2, 0) is 6.61 Å². The van der Waals surface area contributed by atoms with Crippen LogP contribution in [-0.4, -0.2) is 41.9 Å². The first-order valence-electron chi connectivity index (χ1n) is 12.5. The second kappa shape index (κ2) is 13.6. The molecule has 42 heavy (non-hydrogen) atoms. The van der Waals surface area contributed by atoms with Crippen LogP contribution in [0.25, 0.3) is 0 Å². The SMILES string of the molecule is COc1ccc(COc2cc(C(N)=O)cc([N+](=O)[O-])c2NCC(C)=C(C)CNc2ccc(C(N)=O)cc2[N+](=O)[O-])cc1. The molecule has 3 aromatic carbocycles. The lowest BCUT2D eigenvalue weighted by molar-refractivity contribution is -0.384. The number of carbonyl (C=O) groups is 2. The number of hydrogen-bond donors (Lipinski definition) is 4. The van der Waals surface area contributed by atoms with Crippen LogP contribution in [0.1, 0.15) is 40.1 Å². The molecule has 0 aromatic heterocycles. The Bertz CT molecular complexity index is 1550. The summed E-state index contributed by atoms with van der Waals surface area (Å²) in [5.41, 5.74) is 12.4. The van der Waals surface area contributed by atoms with Crippen LogP contribution in [0.3, 0.4) is 0 Å². The van der Waals surface area contributed by atoms with Crippen molar-refractivity contribution in [3.05, 3.63) is 103 Å². The zero-order valence-corrected chi connectivity index (χ0v) is 23.1. The predicted molar refractivity (Wildman–Crippen MR) is 156 cm³/mol. The van der Waals surface area contributed by atoms with Crippen molar-refractivity contribution in [1.82, 2.24) is 0 Å². The number of nitrogens with two attached hydrogens (primary N) is 2. The summed E-state index contributed by atoms with van der Waals surface area (Å²) in [5.74, 6) is -0.928. The molecule has 2 amide bonds. The van der Waals surface area contributed by atoms with Gasteiger partial charge in [-0.25, -0.2) is 0 Å². The minimum Gasteiger partial charge on any atom is -0.497 e. The molecular weight excluding hydrogens is 548 g/mol. The minimum atomic E-state index is -0.852. The molecule has 0 aliphatic carbocycles. The summed E-state index contributed by atoms with van der Waals surface area (Å²) < 4.78 is 11.0. The number of nitro groups is 2. The second-order valence-corrected chi connectivity index (χ2v) is 9.25. The van der Waals surface area contributed by atoms with Crippen molar-refractivity contribution in [2.75, 3.05) is 30.8 Å². The van der Waals surface area contributed by atoms with Crippen molar-refractivity contribution >= 4 is 34.6 Å². The highest BCUT2D eigenvalue weighted by molar-refractivity contribution is 5.96. The topological polar surface area (TPSA) is 215 Å². The Morgan fingerprint density at radius 3 is 1.93 bits per heavy atom. The zero-order valence-electron chi connectivity index (χ0n) is 23.1. The monoisotopic (exact) mass is 578 g/mol. The van der Waals surface area contributed by atoms with E-state index in [0.717, 1.165) is 28.8 Å². The van der Waals surface area contributed by atoms with Gasteiger partial charge in [0.25, 0.3) is 11.4 Å². The molecule has 0 aliphatic heterocycles. The normalized spacial score (nSPS) is 11.2. The van der Waals surface area contributed by atoms with Crippen molar-refractivity contribution in [3.63, 3.8) is 0 Å². The third-order valence-corrected chi connectivity index (χ3v) is 6.40. The quantitative estimate of drug-likeness (QED) is 0.122. The molecule has 3 rings (SSSR count). The van der Waals surface area contributed by atoms with Gasteiger partial charge in [0.1, 0.15) is 18.0 Å². The van der Waals surface area contributed by atoms with Crippen LogP contribution in [0.5, 0.6) is 11.5 Å². The maximum atomic E-state index is 11.9. The van der Waals surface area contributed by atoms with E-state index >= 15 is 0 Å². The van der Waals surface area contributed by atoms with E-state index in [9.17, 15) is 29.8 Å². The van der Waals surface area contributed by atoms with Crippen LogP contribution in [0.2, 0.25) is 0 Å². The van der Waals surface area contributed by atoms with E-state index in [-0.39, 0.29) is 53.6 Å². The van der Waals surface area contributed by atoms with E-state index in [1.54, 1.807) is 45.2 Å². The number of ether oxygens (including phenoxy) is 2. The number of hydrogen-bond acceptors (Lipinski definition) is 10. The van der Waals surface area contributed by atoms with Gasteiger partial charge >= 0.3 is 0 Å². The van der Waals surface area contributed by atoms with Crippen molar-refractivity contribution in [3.8, 4) is 11.5 Å². The number of carbonyl (C=O) groups excluding carboxylic acids is 2. The molecule has 0 saturated carbocycles. The molecule has 220 valence electrons. The number of rotatable bonds is 14. The molecule has 0 bridgehead atoms. The van der Waals surface area contributed by atoms with Crippen molar-refractivity contribution in [1.29, 1.82) is 0 Å². The third kappa shape index (κ3) is 7.71. The Hall–Kier alpha value is -5.66. The average Bonchev–Trinajstić information content (AvgIpc) is 2.97. The van der Waals surface area contributed by atoms with E-state index in [4.69, 9.17) is 20.9 Å². The molecule has 0 saturated heterocycles. The van der Waals surface area contributed by atoms with Gasteiger partial charge in [0.05, 0.1) is 17.0 Å². The zero-order chi connectivity index (χ0) is 31.0. The van der Waals surface area contributed by atoms with Crippen molar-refractivity contribution in [2.24, 2.45) is 11.5 Å². The van der Waals surface area contributed by atoms with Gasteiger partial charge in [-0.3, -0.25) is 29.8 Å². The van der Waals surface area contributed by atoms with Gasteiger partial charge in [-0.2, -0.15) is 0 Å². The highest BCUT2D eigenvalue weighted by Crippen LogP contribution is 2.37. The molecule has 0 radical (unpaired) electrons. The smallest absolute Gasteiger partial charge is 0.296 e. The first-order chi connectivity index (χ1) is 19.9. The summed E-state index contributed by atoms with van der Waals surface area (Å²) in [4.78, 5) is 45.4. The Labute approximate surface area is 240 Å². The lowest BCUT2D eigenvalue weighted by Crippen LogP contribution is -2.15. The van der Waals surface area contributed by atoms with Gasteiger partial charge in [-0.1, -0.05) is 23.3 Å². The molecule has 0 spiro atoms. The Morgan fingerprint density at radius 1 is 0.810 bits per heavy atom. The highest BCUT2D eigenvalue weighted by Gasteiger charge is 2.23. The molecular formula is C28H30N6O8. The molecule has 3 aromatic rings. The minimum absolute atomic E-state index is 0.00820. The fourth-order valence-corrected chi connectivity index (χ4v) is 3.80. The fourth-order valence-electron chi connectivity index (χ4n) is 3.80. The number of anilines is 2. The maximum absolute atomic E-state index is 11.9. The second-order valence-electron chi connectivity index (χ2n) is 9.25. The van der Waals surface area contributed by atoms with Crippen LogP contribution in [0.4, 0.5) is 22.7 Å². The van der Waals surface area contributed by atoms with Gasteiger partial charge in [-0.15, -0.1) is 0 Å². The molecule has 0 aliphatic rings. The molecule has 0 unspecified atom stereocenters. The first-order valence-corrected chi connectivity index (χ1v) is 12.5. The van der Waals surface area contributed by atoms with Gasteiger partial charge in [0, 0.05) is 36.3 Å². The van der Waals surface area contributed by atoms with Crippen LogP contribution in [0.15, 0.2) is 65.7 Å². The van der Waals surface area contributed by atoms with E-state index in [1.807, 2.05) is 0 Å². The molecule has 0 heterocycles. The van der Waals surface area contributed by atoms with Crippen LogP contribution < -0.4 is 31.6 Å². The van der Waals surface area contributed by atoms with E-state index in [1.165, 1.54) is 18.2 Å². The fraction of sp³-hybridized carbons (Fsp3) is 0.214. The number of primary amides is 2. The number of nitro benzene ring substituents is 2. The molecule has 0 fully saturated rings. The van der Waals surface area contributed by atoms with Gasteiger partial charge < -0.3 is 31.6 Å². The summed E-state index contributed by atoms with van der Waals surface area (Å²) in [6.07, 6.45) is 0. The Morgan fingerprint density at radius 2 is 1.38 bits per heavy atom. The third-order valence-electron chi connectivity index (χ3n) is 6.40. The highest BCUT2D eigenvalue weighted by atomic mass is 16.6. The number of methoxy groups -OCH3 is 1. The number of amides is 2. The summed E-state index contributed by atoms with van der Waals surface area (Å²) in [5, 5.41) is 29.4. The lowest BCUT2D eigenvalue weighted by Gasteiger charge is -2.16. The van der Waals surface area contributed by atoms with E-state index in [2.05, 4.69) is 10.6 Å². The van der Waals surface area contributed by atoms with Crippen molar-refractivity contribution < 1.29 is 28.9 Å². The lowest BCUT2D eigenvalue weighted by atomic mass is 10.1. The number of nitrogens with one attached hydrogen (secondary N) is 2. The maximum Gasteiger partial charge on any atom is 0.296 e. The van der Waals surface area contributed by atoms with Gasteiger partial charge in [0.15, 0.2) is 11.4 Å². The summed E-state index contributed by atoms with van der Waals surface area (Å²) in [7, 11) is 1.54. The largest absolute Gasteiger partial charge is 0.497 e. The molecule has 14 nitrogen and oxygen atoms in total. The average molecular weight is 579 g/mol.